The number of likely N-dealkylation sites (tertiary alicyclic amines) is 1. The molecule has 2 amide bonds. The molecule has 6 heteroatoms. The van der Waals surface area contributed by atoms with E-state index in [1.54, 1.807) is 4.90 Å². The van der Waals surface area contributed by atoms with E-state index < -0.39 is 0 Å². The van der Waals surface area contributed by atoms with E-state index in [0.29, 0.717) is 19.0 Å². The van der Waals surface area contributed by atoms with Gasteiger partial charge in [0.05, 0.1) is 5.92 Å². The van der Waals surface area contributed by atoms with E-state index in [1.807, 2.05) is 0 Å². The summed E-state index contributed by atoms with van der Waals surface area (Å²) in [5.74, 6) is 0.542. The Kier molecular flexibility index (Phi) is 6.12. The van der Waals surface area contributed by atoms with Crippen LogP contribution in [0.3, 0.4) is 0 Å². The van der Waals surface area contributed by atoms with Gasteiger partial charge in [-0.25, -0.2) is 0 Å². The summed E-state index contributed by atoms with van der Waals surface area (Å²) in [7, 11) is 0. The van der Waals surface area contributed by atoms with E-state index in [4.69, 9.17) is 23.2 Å². The van der Waals surface area contributed by atoms with Crippen LogP contribution in [0.25, 0.3) is 0 Å². The number of rotatable bonds is 5. The van der Waals surface area contributed by atoms with Gasteiger partial charge in [-0.3, -0.25) is 9.59 Å². The van der Waals surface area contributed by atoms with Gasteiger partial charge in [0.15, 0.2) is 0 Å². The van der Waals surface area contributed by atoms with Gasteiger partial charge in [-0.2, -0.15) is 0 Å². The van der Waals surface area contributed by atoms with Crippen LogP contribution in [0.4, 0.5) is 0 Å². The first-order valence-electron chi connectivity index (χ1n) is 7.32. The van der Waals surface area contributed by atoms with Crippen molar-refractivity contribution in [2.24, 2.45) is 11.8 Å². The van der Waals surface area contributed by atoms with Gasteiger partial charge in [-0.05, 0) is 37.7 Å². The van der Waals surface area contributed by atoms with Gasteiger partial charge < -0.3 is 10.2 Å². The molecule has 116 valence electrons. The van der Waals surface area contributed by atoms with Crippen LogP contribution < -0.4 is 5.32 Å². The quantitative estimate of drug-likeness (QED) is 0.622. The first-order valence-corrected chi connectivity index (χ1v) is 8.08. The Morgan fingerprint density at radius 2 is 2.00 bits per heavy atom. The smallest absolute Gasteiger partial charge is 0.246 e. The normalized spacial score (nSPS) is 22.2. The van der Waals surface area contributed by atoms with E-state index in [0.717, 1.165) is 19.4 Å². The van der Waals surface area contributed by atoms with Gasteiger partial charge in [-0.1, -0.05) is 29.3 Å². The highest BCUT2D eigenvalue weighted by molar-refractivity contribution is 6.56. The lowest BCUT2D eigenvalue weighted by Crippen LogP contribution is -2.45. The number of allylic oxidation sites excluding steroid dienone is 2. The highest BCUT2D eigenvalue weighted by atomic mass is 35.5. The molecule has 1 aliphatic heterocycles. The number of halogens is 2. The van der Waals surface area contributed by atoms with Crippen LogP contribution in [-0.2, 0) is 9.59 Å². The molecule has 2 rings (SSSR count). The molecule has 0 aromatic heterocycles. The molecule has 1 saturated carbocycles. The zero-order chi connectivity index (χ0) is 15.2. The minimum Gasteiger partial charge on any atom is -0.356 e. The van der Waals surface area contributed by atoms with Crippen LogP contribution in [0.15, 0.2) is 22.7 Å². The summed E-state index contributed by atoms with van der Waals surface area (Å²) in [6.07, 6.45) is 8.53. The number of hydrogen-bond acceptors (Lipinski definition) is 2. The van der Waals surface area contributed by atoms with Crippen molar-refractivity contribution in [1.29, 1.82) is 0 Å². The predicted molar refractivity (Wildman–Crippen MR) is 84.0 cm³/mol. The van der Waals surface area contributed by atoms with Crippen molar-refractivity contribution >= 4 is 35.0 Å². The number of amides is 2. The van der Waals surface area contributed by atoms with Gasteiger partial charge in [0, 0.05) is 25.7 Å². The maximum Gasteiger partial charge on any atom is 0.246 e. The minimum atomic E-state index is -0.111. The lowest BCUT2D eigenvalue weighted by molar-refractivity contribution is -0.132. The van der Waals surface area contributed by atoms with Crippen LogP contribution in [0, 0.1) is 11.8 Å². The first kappa shape index (κ1) is 16.4. The van der Waals surface area contributed by atoms with E-state index in [1.165, 1.54) is 31.1 Å². The maximum atomic E-state index is 12.1. The van der Waals surface area contributed by atoms with Crippen LogP contribution in [0.1, 0.15) is 25.7 Å². The average Bonchev–Trinajstić information content (AvgIpc) is 3.28. The molecule has 1 N–H and O–H groups in total. The molecule has 0 aromatic rings. The Bertz CT molecular complexity index is 455. The number of carbonyl (C=O) groups is 2. The third-order valence-corrected chi connectivity index (χ3v) is 4.08. The van der Waals surface area contributed by atoms with Crippen molar-refractivity contribution in [3.05, 3.63) is 22.7 Å². The molecule has 1 saturated heterocycles. The first-order chi connectivity index (χ1) is 10.1. The van der Waals surface area contributed by atoms with Gasteiger partial charge in [0.1, 0.15) is 4.49 Å². The van der Waals surface area contributed by atoms with E-state index in [2.05, 4.69) is 5.32 Å². The fourth-order valence-electron chi connectivity index (χ4n) is 2.41. The predicted octanol–water partition coefficient (Wildman–Crippen LogP) is 2.63. The number of nitrogens with one attached hydrogen (secondary N) is 1. The van der Waals surface area contributed by atoms with E-state index in [-0.39, 0.29) is 22.2 Å². The zero-order valence-corrected chi connectivity index (χ0v) is 13.4. The largest absolute Gasteiger partial charge is 0.356 e. The Morgan fingerprint density at radius 1 is 1.24 bits per heavy atom. The second kappa shape index (κ2) is 7.85. The maximum absolute atomic E-state index is 12.1. The molecule has 0 radical (unpaired) electrons. The number of nitrogens with zero attached hydrogens (tertiary/aromatic N) is 1. The monoisotopic (exact) mass is 330 g/mol. The molecule has 0 aromatic carbocycles. The van der Waals surface area contributed by atoms with Crippen molar-refractivity contribution in [2.45, 2.75) is 25.7 Å². The molecule has 1 unspecified atom stereocenters. The molecule has 0 bridgehead atoms. The van der Waals surface area contributed by atoms with Crippen molar-refractivity contribution in [2.75, 3.05) is 19.6 Å². The Balaban J connectivity index is 1.81. The van der Waals surface area contributed by atoms with Crippen LogP contribution in [0.2, 0.25) is 0 Å². The second-order valence-corrected chi connectivity index (χ2v) is 6.64. The molecule has 21 heavy (non-hydrogen) atoms. The van der Waals surface area contributed by atoms with Crippen molar-refractivity contribution in [1.82, 2.24) is 10.2 Å². The molecule has 2 fully saturated rings. The summed E-state index contributed by atoms with van der Waals surface area (Å²) >= 11 is 10.9. The van der Waals surface area contributed by atoms with Gasteiger partial charge in [-0.15, -0.1) is 0 Å². The van der Waals surface area contributed by atoms with Gasteiger partial charge in [0.2, 0.25) is 11.8 Å². The fraction of sp³-hybridized carbons (Fsp3) is 0.600. The van der Waals surface area contributed by atoms with Crippen molar-refractivity contribution in [3.63, 3.8) is 0 Å². The highest BCUT2D eigenvalue weighted by Gasteiger charge is 2.29. The third-order valence-electron chi connectivity index (χ3n) is 3.83. The number of piperidine rings is 1. The summed E-state index contributed by atoms with van der Waals surface area (Å²) in [4.78, 5) is 25.8. The molecular formula is C15H20Cl2N2O2. The topological polar surface area (TPSA) is 49.4 Å². The SMILES string of the molecule is O=C(NCC1CC1)C1CCCN(C(=O)/C=C/C=C(Cl)Cl)C1. The molecule has 1 atom stereocenters. The van der Waals surface area contributed by atoms with Crippen LogP contribution >= 0.6 is 23.2 Å². The lowest BCUT2D eigenvalue weighted by Gasteiger charge is -2.31. The summed E-state index contributed by atoms with van der Waals surface area (Å²) in [6.45, 7) is 1.95. The summed E-state index contributed by atoms with van der Waals surface area (Å²) in [5, 5.41) is 2.99. The summed E-state index contributed by atoms with van der Waals surface area (Å²) in [6, 6.07) is 0. The van der Waals surface area contributed by atoms with Crippen molar-refractivity contribution < 1.29 is 9.59 Å². The average molecular weight is 331 g/mol. The van der Waals surface area contributed by atoms with Crippen LogP contribution in [0.5, 0.6) is 0 Å². The van der Waals surface area contributed by atoms with Gasteiger partial charge >= 0.3 is 0 Å². The molecule has 2 aliphatic rings. The third kappa shape index (κ3) is 5.71. The minimum absolute atomic E-state index is 0.0760. The Labute approximate surface area is 135 Å². The molecule has 1 aliphatic carbocycles. The fourth-order valence-corrected chi connectivity index (χ4v) is 2.56. The van der Waals surface area contributed by atoms with Crippen molar-refractivity contribution in [3.8, 4) is 0 Å². The van der Waals surface area contributed by atoms with E-state index in [9.17, 15) is 9.59 Å². The summed E-state index contributed by atoms with van der Waals surface area (Å²) < 4.78 is 0.107. The highest BCUT2D eigenvalue weighted by Crippen LogP contribution is 2.28. The molecule has 4 nitrogen and oxygen atoms in total. The Hall–Kier alpha value is -1.000. The zero-order valence-electron chi connectivity index (χ0n) is 11.9. The van der Waals surface area contributed by atoms with Crippen LogP contribution in [-0.4, -0.2) is 36.3 Å². The molecule has 1 heterocycles. The van der Waals surface area contributed by atoms with E-state index >= 15 is 0 Å². The lowest BCUT2D eigenvalue weighted by atomic mass is 9.97. The Morgan fingerprint density at radius 3 is 2.67 bits per heavy atom. The second-order valence-electron chi connectivity index (χ2n) is 5.63. The van der Waals surface area contributed by atoms with Gasteiger partial charge in [0.25, 0.3) is 0 Å². The molecular weight excluding hydrogens is 311 g/mol. The standard InChI is InChI=1S/C15H20Cl2N2O2/c16-13(17)4-1-5-14(20)19-8-2-3-12(10-19)15(21)18-9-11-6-7-11/h1,4-5,11-12H,2-3,6-10H2,(H,18,21)/b5-1+. The number of hydrogen-bond donors (Lipinski definition) is 1. The number of carbonyl (C=O) groups excluding carboxylic acids is 2. The summed E-state index contributed by atoms with van der Waals surface area (Å²) in [5.41, 5.74) is 0. The molecule has 0 spiro atoms.